The zero-order valence-electron chi connectivity index (χ0n) is 11.9. The minimum absolute atomic E-state index is 0.452. The van der Waals surface area contributed by atoms with Crippen molar-refractivity contribution in [2.45, 2.75) is 26.5 Å². The molecule has 2 N–H and O–H groups in total. The van der Waals surface area contributed by atoms with E-state index in [-0.39, 0.29) is 0 Å². The lowest BCUT2D eigenvalue weighted by Gasteiger charge is -2.12. The Bertz CT molecular complexity index is 531. The number of benzene rings is 1. The maximum absolute atomic E-state index is 10.1. The molecule has 2 rings (SSSR count). The Balaban J connectivity index is 1.88. The largest absolute Gasteiger partial charge is 0.387 e. The fourth-order valence-electron chi connectivity index (χ4n) is 2.25. The summed E-state index contributed by atoms with van der Waals surface area (Å²) in [7, 11) is 2.08. The van der Waals surface area contributed by atoms with Crippen LogP contribution in [0.4, 0.5) is 0 Å². The number of hydrogen-bond donors (Lipinski definition) is 2. The molecule has 1 aromatic carbocycles. The monoisotopic (exact) mass is 258 g/mol. The van der Waals surface area contributed by atoms with Crippen LogP contribution in [0.3, 0.4) is 0 Å². The van der Waals surface area contributed by atoms with Gasteiger partial charge < -0.3 is 15.0 Å². The van der Waals surface area contributed by atoms with Gasteiger partial charge in [0.25, 0.3) is 0 Å². The maximum atomic E-state index is 10.1. The Morgan fingerprint density at radius 1 is 1.21 bits per heavy atom. The van der Waals surface area contributed by atoms with Gasteiger partial charge in [0, 0.05) is 31.5 Å². The lowest BCUT2D eigenvalue weighted by atomic mass is 10.1. The Morgan fingerprint density at radius 2 is 1.89 bits per heavy atom. The maximum Gasteiger partial charge on any atom is 0.0914 e. The molecule has 2 aromatic rings. The van der Waals surface area contributed by atoms with Gasteiger partial charge in [0.15, 0.2) is 0 Å². The molecule has 19 heavy (non-hydrogen) atoms. The Labute approximate surface area is 114 Å². The Kier molecular flexibility index (Phi) is 4.40. The molecule has 0 bridgehead atoms. The lowest BCUT2D eigenvalue weighted by Crippen LogP contribution is -2.21. The van der Waals surface area contributed by atoms with Gasteiger partial charge in [0.2, 0.25) is 0 Å². The van der Waals surface area contributed by atoms with E-state index in [0.29, 0.717) is 6.54 Å². The average Bonchev–Trinajstić information content (AvgIpc) is 2.67. The van der Waals surface area contributed by atoms with Crippen LogP contribution in [0.1, 0.15) is 28.6 Å². The third-order valence-electron chi connectivity index (χ3n) is 3.72. The van der Waals surface area contributed by atoms with E-state index in [1.165, 1.54) is 17.0 Å². The van der Waals surface area contributed by atoms with Crippen molar-refractivity contribution >= 4 is 0 Å². The molecule has 3 nitrogen and oxygen atoms in total. The second-order valence-electron chi connectivity index (χ2n) is 5.01. The molecule has 0 spiro atoms. The first-order valence-electron chi connectivity index (χ1n) is 6.65. The van der Waals surface area contributed by atoms with Gasteiger partial charge in [-0.05, 0) is 31.0 Å². The fourth-order valence-corrected chi connectivity index (χ4v) is 2.25. The van der Waals surface area contributed by atoms with Crippen LogP contribution in [0.15, 0.2) is 36.4 Å². The van der Waals surface area contributed by atoms with Crippen LogP contribution in [-0.2, 0) is 13.6 Å². The fraction of sp³-hybridized carbons (Fsp3) is 0.375. The summed E-state index contributed by atoms with van der Waals surface area (Å²) in [5.74, 6) is 0. The van der Waals surface area contributed by atoms with E-state index in [2.05, 4.69) is 36.8 Å². The summed E-state index contributed by atoms with van der Waals surface area (Å²) in [5.41, 5.74) is 4.79. The van der Waals surface area contributed by atoms with E-state index in [1.807, 2.05) is 30.3 Å². The van der Waals surface area contributed by atoms with Crippen LogP contribution in [0.2, 0.25) is 0 Å². The molecule has 0 saturated carbocycles. The molecule has 3 heteroatoms. The van der Waals surface area contributed by atoms with Crippen LogP contribution in [0.25, 0.3) is 0 Å². The molecule has 0 aliphatic carbocycles. The van der Waals surface area contributed by atoms with Gasteiger partial charge in [-0.25, -0.2) is 0 Å². The summed E-state index contributed by atoms with van der Waals surface area (Å²) < 4.78 is 2.19. The lowest BCUT2D eigenvalue weighted by molar-refractivity contribution is 0.174. The first-order chi connectivity index (χ1) is 9.09. The van der Waals surface area contributed by atoms with E-state index >= 15 is 0 Å². The van der Waals surface area contributed by atoms with Crippen molar-refractivity contribution in [3.05, 3.63) is 58.9 Å². The molecule has 1 unspecified atom stereocenters. The van der Waals surface area contributed by atoms with E-state index < -0.39 is 6.10 Å². The molecule has 1 aromatic heterocycles. The zero-order valence-corrected chi connectivity index (χ0v) is 11.9. The summed E-state index contributed by atoms with van der Waals surface area (Å²) in [6, 6.07) is 11.9. The average molecular weight is 258 g/mol. The van der Waals surface area contributed by atoms with Crippen LogP contribution in [-0.4, -0.2) is 16.2 Å². The minimum atomic E-state index is -0.452. The van der Waals surface area contributed by atoms with Gasteiger partial charge in [0.1, 0.15) is 0 Å². The van der Waals surface area contributed by atoms with Gasteiger partial charge in [-0.15, -0.1) is 0 Å². The number of aryl methyl sites for hydroxylation is 1. The molecule has 1 atom stereocenters. The predicted octanol–water partition coefficient (Wildman–Crippen LogP) is 2.47. The molecular formula is C16H22N2O. The predicted molar refractivity (Wildman–Crippen MR) is 78.0 cm³/mol. The third-order valence-corrected chi connectivity index (χ3v) is 3.72. The van der Waals surface area contributed by atoms with Crippen molar-refractivity contribution in [3.8, 4) is 0 Å². The normalized spacial score (nSPS) is 12.6. The van der Waals surface area contributed by atoms with Crippen LogP contribution >= 0.6 is 0 Å². The van der Waals surface area contributed by atoms with Gasteiger partial charge >= 0.3 is 0 Å². The van der Waals surface area contributed by atoms with E-state index in [0.717, 1.165) is 12.1 Å². The molecule has 0 aliphatic heterocycles. The van der Waals surface area contributed by atoms with Crippen LogP contribution < -0.4 is 5.32 Å². The van der Waals surface area contributed by atoms with Gasteiger partial charge in [0.05, 0.1) is 6.10 Å². The first kappa shape index (κ1) is 13.8. The highest BCUT2D eigenvalue weighted by Crippen LogP contribution is 2.14. The van der Waals surface area contributed by atoms with Crippen molar-refractivity contribution in [3.63, 3.8) is 0 Å². The Hall–Kier alpha value is -1.58. The second kappa shape index (κ2) is 6.04. The molecular weight excluding hydrogens is 236 g/mol. The molecule has 1 heterocycles. The summed E-state index contributed by atoms with van der Waals surface area (Å²) in [5, 5.41) is 13.4. The highest BCUT2D eigenvalue weighted by molar-refractivity contribution is 5.26. The van der Waals surface area contributed by atoms with Gasteiger partial charge in [-0.2, -0.15) is 0 Å². The van der Waals surface area contributed by atoms with Crippen molar-refractivity contribution < 1.29 is 5.11 Å². The number of nitrogens with zero attached hydrogens (tertiary/aromatic N) is 1. The second-order valence-corrected chi connectivity index (χ2v) is 5.01. The third kappa shape index (κ3) is 3.25. The topological polar surface area (TPSA) is 37.2 Å². The van der Waals surface area contributed by atoms with Crippen molar-refractivity contribution in [1.82, 2.24) is 9.88 Å². The zero-order chi connectivity index (χ0) is 13.8. The summed E-state index contributed by atoms with van der Waals surface area (Å²) >= 11 is 0. The quantitative estimate of drug-likeness (QED) is 0.864. The minimum Gasteiger partial charge on any atom is -0.387 e. The molecule has 0 amide bonds. The standard InChI is InChI=1S/C16H22N2O/c1-12-9-15(13(2)18(12)3)10-17-11-16(19)14-7-5-4-6-8-14/h4-9,16-17,19H,10-11H2,1-3H3. The smallest absolute Gasteiger partial charge is 0.0914 e. The summed E-state index contributed by atoms with van der Waals surface area (Å²) in [6.07, 6.45) is -0.452. The van der Waals surface area contributed by atoms with E-state index in [9.17, 15) is 5.11 Å². The molecule has 0 saturated heterocycles. The highest BCUT2D eigenvalue weighted by Gasteiger charge is 2.08. The number of aliphatic hydroxyl groups is 1. The molecule has 0 aliphatic rings. The number of aromatic nitrogens is 1. The molecule has 0 fully saturated rings. The molecule has 0 radical (unpaired) electrons. The number of nitrogens with one attached hydrogen (secondary N) is 1. The van der Waals surface area contributed by atoms with Gasteiger partial charge in [-0.1, -0.05) is 30.3 Å². The van der Waals surface area contributed by atoms with E-state index in [4.69, 9.17) is 0 Å². The van der Waals surface area contributed by atoms with Crippen LogP contribution in [0, 0.1) is 13.8 Å². The van der Waals surface area contributed by atoms with Crippen molar-refractivity contribution in [1.29, 1.82) is 0 Å². The summed E-state index contributed by atoms with van der Waals surface area (Å²) in [6.45, 7) is 5.59. The van der Waals surface area contributed by atoms with Crippen molar-refractivity contribution in [2.24, 2.45) is 7.05 Å². The van der Waals surface area contributed by atoms with Crippen LogP contribution in [0.5, 0.6) is 0 Å². The Morgan fingerprint density at radius 3 is 2.47 bits per heavy atom. The number of rotatable bonds is 5. The molecule has 102 valence electrons. The van der Waals surface area contributed by atoms with Gasteiger partial charge in [-0.3, -0.25) is 0 Å². The SMILES string of the molecule is Cc1cc(CNCC(O)c2ccccc2)c(C)n1C. The highest BCUT2D eigenvalue weighted by atomic mass is 16.3. The number of aliphatic hydroxyl groups excluding tert-OH is 1. The first-order valence-corrected chi connectivity index (χ1v) is 6.65. The number of hydrogen-bond acceptors (Lipinski definition) is 2. The van der Waals surface area contributed by atoms with E-state index in [1.54, 1.807) is 0 Å². The summed E-state index contributed by atoms with van der Waals surface area (Å²) in [4.78, 5) is 0. The van der Waals surface area contributed by atoms with Crippen molar-refractivity contribution in [2.75, 3.05) is 6.54 Å².